The lowest BCUT2D eigenvalue weighted by atomic mass is 10.0. The van der Waals surface area contributed by atoms with Crippen LogP contribution < -0.4 is 10.9 Å². The fourth-order valence-electron chi connectivity index (χ4n) is 2.45. The molecule has 0 spiro atoms. The lowest BCUT2D eigenvalue weighted by molar-refractivity contribution is -0.117. The zero-order valence-corrected chi connectivity index (χ0v) is 14.9. The number of aromatic carboxylic acids is 1. The molecular formula is C18H15N3O5S. The van der Waals surface area contributed by atoms with Gasteiger partial charge in [-0.25, -0.2) is 9.78 Å². The number of rotatable bonds is 5. The molecule has 0 fully saturated rings. The van der Waals surface area contributed by atoms with Gasteiger partial charge in [-0.05, 0) is 23.9 Å². The van der Waals surface area contributed by atoms with Gasteiger partial charge < -0.3 is 20.5 Å². The summed E-state index contributed by atoms with van der Waals surface area (Å²) < 4.78 is 0. The highest BCUT2D eigenvalue weighted by Gasteiger charge is 2.21. The van der Waals surface area contributed by atoms with Gasteiger partial charge in [-0.1, -0.05) is 30.3 Å². The SMILES string of the molecule is C[C@H](C(=O)Nc1ccsc1-c1nc(C(=O)O)c(O)c(=O)[nH]1)c1ccccc1. The van der Waals surface area contributed by atoms with E-state index in [1.54, 1.807) is 18.4 Å². The molecule has 3 rings (SSSR count). The number of carboxylic acids is 1. The highest BCUT2D eigenvalue weighted by Crippen LogP contribution is 2.32. The van der Waals surface area contributed by atoms with E-state index in [-0.39, 0.29) is 11.7 Å². The summed E-state index contributed by atoms with van der Waals surface area (Å²) in [5.41, 5.74) is -0.494. The smallest absolute Gasteiger partial charge is 0.358 e. The Morgan fingerprint density at radius 1 is 1.22 bits per heavy atom. The van der Waals surface area contributed by atoms with Gasteiger partial charge in [0.2, 0.25) is 11.7 Å². The van der Waals surface area contributed by atoms with Crippen LogP contribution >= 0.6 is 11.3 Å². The average molecular weight is 385 g/mol. The molecule has 1 aromatic carbocycles. The van der Waals surface area contributed by atoms with Crippen LogP contribution in [0.15, 0.2) is 46.6 Å². The number of nitrogens with one attached hydrogen (secondary N) is 2. The first-order valence-electron chi connectivity index (χ1n) is 7.88. The van der Waals surface area contributed by atoms with E-state index in [4.69, 9.17) is 5.11 Å². The molecule has 8 nitrogen and oxygen atoms in total. The van der Waals surface area contributed by atoms with Gasteiger partial charge in [0.1, 0.15) is 0 Å². The van der Waals surface area contributed by atoms with Gasteiger partial charge in [-0.3, -0.25) is 9.59 Å². The number of aromatic hydroxyl groups is 1. The van der Waals surface area contributed by atoms with E-state index in [9.17, 15) is 19.5 Å². The zero-order valence-electron chi connectivity index (χ0n) is 14.1. The normalized spacial score (nSPS) is 11.7. The number of carboxylic acid groups (broad SMARTS) is 1. The van der Waals surface area contributed by atoms with Gasteiger partial charge in [0, 0.05) is 0 Å². The monoisotopic (exact) mass is 385 g/mol. The Bertz CT molecular complexity index is 1060. The van der Waals surface area contributed by atoms with Crippen molar-refractivity contribution in [3.63, 3.8) is 0 Å². The van der Waals surface area contributed by atoms with Crippen molar-refractivity contribution < 1.29 is 19.8 Å². The Morgan fingerprint density at radius 2 is 1.93 bits per heavy atom. The molecular weight excluding hydrogens is 370 g/mol. The minimum atomic E-state index is -1.53. The largest absolute Gasteiger partial charge is 0.501 e. The van der Waals surface area contributed by atoms with Gasteiger partial charge in [0.05, 0.1) is 16.5 Å². The summed E-state index contributed by atoms with van der Waals surface area (Å²) in [6, 6.07) is 10.9. The molecule has 4 N–H and O–H groups in total. The summed E-state index contributed by atoms with van der Waals surface area (Å²) in [7, 11) is 0. The van der Waals surface area contributed by atoms with E-state index in [1.165, 1.54) is 11.3 Å². The number of carbonyl (C=O) groups is 2. The Morgan fingerprint density at radius 3 is 2.59 bits per heavy atom. The Hall–Kier alpha value is -3.46. The highest BCUT2D eigenvalue weighted by molar-refractivity contribution is 7.14. The summed E-state index contributed by atoms with van der Waals surface area (Å²) in [6.45, 7) is 1.76. The third-order valence-corrected chi connectivity index (χ3v) is 4.85. The Kier molecular flexibility index (Phi) is 5.04. The fraction of sp³-hybridized carbons (Fsp3) is 0.111. The van der Waals surface area contributed by atoms with E-state index in [0.717, 1.165) is 5.56 Å². The molecule has 0 saturated heterocycles. The molecule has 9 heteroatoms. The maximum absolute atomic E-state index is 12.6. The number of amides is 1. The number of benzene rings is 1. The summed E-state index contributed by atoms with van der Waals surface area (Å²) in [5, 5.41) is 23.1. The molecule has 1 amide bonds. The van der Waals surface area contributed by atoms with Crippen LogP contribution in [0, 0.1) is 0 Å². The Labute approximate surface area is 157 Å². The van der Waals surface area contributed by atoms with Crippen LogP contribution in [-0.2, 0) is 4.79 Å². The van der Waals surface area contributed by atoms with Crippen molar-refractivity contribution in [3.05, 3.63) is 63.4 Å². The van der Waals surface area contributed by atoms with Crippen molar-refractivity contribution >= 4 is 28.9 Å². The molecule has 0 aliphatic rings. The van der Waals surface area contributed by atoms with Crippen molar-refractivity contribution in [2.45, 2.75) is 12.8 Å². The first-order valence-corrected chi connectivity index (χ1v) is 8.76. The number of hydrogen-bond acceptors (Lipinski definition) is 6. The number of carbonyl (C=O) groups excluding carboxylic acids is 1. The van der Waals surface area contributed by atoms with Crippen LogP contribution in [-0.4, -0.2) is 32.1 Å². The molecule has 0 bridgehead atoms. The number of aromatic nitrogens is 2. The van der Waals surface area contributed by atoms with Crippen LogP contribution in [0.3, 0.4) is 0 Å². The first kappa shape index (κ1) is 18.3. The van der Waals surface area contributed by atoms with E-state index in [0.29, 0.717) is 10.6 Å². The number of nitrogens with zero attached hydrogens (tertiary/aromatic N) is 1. The van der Waals surface area contributed by atoms with Gasteiger partial charge in [-0.2, -0.15) is 0 Å². The minimum Gasteiger partial charge on any atom is -0.501 e. The van der Waals surface area contributed by atoms with E-state index in [1.807, 2.05) is 30.3 Å². The second-order valence-corrected chi connectivity index (χ2v) is 6.62. The average Bonchev–Trinajstić information content (AvgIpc) is 3.11. The predicted octanol–water partition coefficient (Wildman–Crippen LogP) is 2.64. The maximum atomic E-state index is 12.6. The lowest BCUT2D eigenvalue weighted by Crippen LogP contribution is -2.19. The van der Waals surface area contributed by atoms with Crippen LogP contribution in [0.2, 0.25) is 0 Å². The van der Waals surface area contributed by atoms with E-state index < -0.39 is 28.9 Å². The van der Waals surface area contributed by atoms with Crippen LogP contribution in [0.5, 0.6) is 5.75 Å². The van der Waals surface area contributed by atoms with E-state index >= 15 is 0 Å². The summed E-state index contributed by atoms with van der Waals surface area (Å²) >= 11 is 1.17. The van der Waals surface area contributed by atoms with Crippen molar-refractivity contribution in [3.8, 4) is 16.5 Å². The second-order valence-electron chi connectivity index (χ2n) is 5.70. The van der Waals surface area contributed by atoms with Crippen LogP contribution in [0.1, 0.15) is 28.9 Å². The number of thiophene rings is 1. The molecule has 138 valence electrons. The van der Waals surface area contributed by atoms with Crippen molar-refractivity contribution in [1.29, 1.82) is 0 Å². The minimum absolute atomic E-state index is 0.0483. The van der Waals surface area contributed by atoms with Crippen molar-refractivity contribution in [1.82, 2.24) is 9.97 Å². The van der Waals surface area contributed by atoms with Gasteiger partial charge in [0.15, 0.2) is 11.5 Å². The molecule has 0 saturated carbocycles. The Balaban J connectivity index is 1.92. The standard InChI is InChI=1S/C18H15N3O5S/c1-9(10-5-3-2-4-6-10)16(23)19-11-7-8-27-14(11)15-20-12(18(25)26)13(22)17(24)21-15/h2-9,22H,1H3,(H,19,23)(H,25,26)(H,20,21,24)/t9-/m0/s1. The molecule has 1 atom stereocenters. The third-order valence-electron chi connectivity index (χ3n) is 3.93. The molecule has 0 unspecified atom stereocenters. The van der Waals surface area contributed by atoms with Crippen molar-refractivity contribution in [2.75, 3.05) is 5.32 Å². The molecule has 0 aliphatic carbocycles. The topological polar surface area (TPSA) is 132 Å². The van der Waals surface area contributed by atoms with Gasteiger partial charge >= 0.3 is 5.97 Å². The molecule has 3 aromatic rings. The molecule has 0 aliphatic heterocycles. The van der Waals surface area contributed by atoms with Gasteiger partial charge in [-0.15, -0.1) is 11.3 Å². The maximum Gasteiger partial charge on any atom is 0.358 e. The number of hydrogen-bond donors (Lipinski definition) is 4. The molecule has 0 radical (unpaired) electrons. The van der Waals surface area contributed by atoms with Gasteiger partial charge in [0.25, 0.3) is 5.56 Å². The molecule has 2 heterocycles. The van der Waals surface area contributed by atoms with Crippen molar-refractivity contribution in [2.24, 2.45) is 0 Å². The number of H-pyrrole nitrogens is 1. The highest BCUT2D eigenvalue weighted by atomic mass is 32.1. The summed E-state index contributed by atoms with van der Waals surface area (Å²) in [5.74, 6) is -3.22. The van der Waals surface area contributed by atoms with Crippen LogP contribution in [0.4, 0.5) is 5.69 Å². The number of anilines is 1. The lowest BCUT2D eigenvalue weighted by Gasteiger charge is -2.13. The third kappa shape index (κ3) is 3.72. The zero-order chi connectivity index (χ0) is 19.6. The fourth-order valence-corrected chi connectivity index (χ4v) is 3.24. The quantitative estimate of drug-likeness (QED) is 0.534. The second kappa shape index (κ2) is 7.42. The summed E-state index contributed by atoms with van der Waals surface area (Å²) in [4.78, 5) is 42.0. The first-order chi connectivity index (χ1) is 12.9. The van der Waals surface area contributed by atoms with E-state index in [2.05, 4.69) is 15.3 Å². The summed E-state index contributed by atoms with van der Waals surface area (Å²) in [6.07, 6.45) is 0. The van der Waals surface area contributed by atoms with Crippen LogP contribution in [0.25, 0.3) is 10.7 Å². The molecule has 2 aromatic heterocycles. The molecule has 27 heavy (non-hydrogen) atoms. The predicted molar refractivity (Wildman–Crippen MR) is 100 cm³/mol. The number of aromatic amines is 1.